The minimum atomic E-state index is -0.816. The first-order valence-electron chi connectivity index (χ1n) is 7.91. The lowest BCUT2D eigenvalue weighted by Crippen LogP contribution is -2.35. The third kappa shape index (κ3) is 4.01. The van der Waals surface area contributed by atoms with Gasteiger partial charge in [0.2, 0.25) is 0 Å². The number of urea groups is 1. The van der Waals surface area contributed by atoms with Crippen LogP contribution in [-0.4, -0.2) is 40.1 Å². The molecule has 8 heteroatoms. The van der Waals surface area contributed by atoms with Gasteiger partial charge in [0.05, 0.1) is 6.54 Å². The van der Waals surface area contributed by atoms with E-state index in [-0.39, 0.29) is 18.7 Å². The van der Waals surface area contributed by atoms with Crippen LogP contribution in [0.25, 0.3) is 0 Å². The van der Waals surface area contributed by atoms with Gasteiger partial charge < -0.3 is 15.0 Å². The summed E-state index contributed by atoms with van der Waals surface area (Å²) in [5.41, 5.74) is 1.14. The van der Waals surface area contributed by atoms with Gasteiger partial charge in [-0.15, -0.1) is 0 Å². The van der Waals surface area contributed by atoms with Crippen molar-refractivity contribution in [2.45, 2.75) is 26.4 Å². The Morgan fingerprint density at radius 2 is 1.88 bits per heavy atom. The molecule has 25 heavy (non-hydrogen) atoms. The van der Waals surface area contributed by atoms with Crippen molar-refractivity contribution in [1.29, 1.82) is 0 Å². The lowest BCUT2D eigenvalue weighted by Gasteiger charge is -2.18. The number of nitrogens with one attached hydrogen (secondary N) is 1. The molecule has 3 rings (SSSR count). The Morgan fingerprint density at radius 1 is 1.24 bits per heavy atom. The van der Waals surface area contributed by atoms with E-state index in [4.69, 9.17) is 4.74 Å². The average Bonchev–Trinajstić information content (AvgIpc) is 2.98. The fraction of sp³-hybridized carbons (Fsp3) is 0.353. The molecule has 1 fully saturated rings. The van der Waals surface area contributed by atoms with E-state index in [2.05, 4.69) is 15.3 Å². The molecule has 1 unspecified atom stereocenters. The van der Waals surface area contributed by atoms with Crippen molar-refractivity contribution < 1.29 is 18.3 Å². The molecule has 0 saturated carbocycles. The first kappa shape index (κ1) is 17.1. The number of hydrogen-bond acceptors (Lipinski definition) is 4. The molecule has 2 amide bonds. The number of carbonyl (C=O) groups is 1. The predicted molar refractivity (Wildman–Crippen MR) is 87.5 cm³/mol. The second-order valence-electron chi connectivity index (χ2n) is 5.93. The summed E-state index contributed by atoms with van der Waals surface area (Å²) in [5.74, 6) is -1.63. The molecule has 132 valence electrons. The Kier molecular flexibility index (Phi) is 4.78. The molecule has 6 nitrogen and oxygen atoms in total. The van der Waals surface area contributed by atoms with Crippen LogP contribution in [0.5, 0.6) is 6.01 Å². The highest BCUT2D eigenvalue weighted by Gasteiger charge is 2.29. The van der Waals surface area contributed by atoms with Gasteiger partial charge in [0.15, 0.2) is 0 Å². The summed E-state index contributed by atoms with van der Waals surface area (Å²) in [6.45, 7) is 4.40. The van der Waals surface area contributed by atoms with Crippen molar-refractivity contribution in [1.82, 2.24) is 14.9 Å². The normalized spacial score (nSPS) is 16.8. The quantitative estimate of drug-likeness (QED) is 0.926. The maximum atomic E-state index is 13.6. The number of benzene rings is 1. The second kappa shape index (κ2) is 7.00. The zero-order valence-electron chi connectivity index (χ0n) is 13.9. The topological polar surface area (TPSA) is 67.3 Å². The number of halogens is 2. The van der Waals surface area contributed by atoms with E-state index in [1.165, 1.54) is 11.0 Å². The van der Waals surface area contributed by atoms with Gasteiger partial charge in [-0.1, -0.05) is 6.07 Å². The molecule has 1 N–H and O–H groups in total. The molecule has 2 heterocycles. The highest BCUT2D eigenvalue weighted by Crippen LogP contribution is 2.21. The Morgan fingerprint density at radius 3 is 2.52 bits per heavy atom. The summed E-state index contributed by atoms with van der Waals surface area (Å²) < 4.78 is 33.0. The first-order chi connectivity index (χ1) is 11.9. The summed E-state index contributed by atoms with van der Waals surface area (Å²) >= 11 is 0. The molecule has 0 bridgehead atoms. The highest BCUT2D eigenvalue weighted by atomic mass is 19.1. The van der Waals surface area contributed by atoms with Gasteiger partial charge in [-0.25, -0.2) is 23.5 Å². The summed E-state index contributed by atoms with van der Waals surface area (Å²) in [4.78, 5) is 22.1. The van der Waals surface area contributed by atoms with Crippen LogP contribution in [0.1, 0.15) is 17.8 Å². The fourth-order valence-corrected chi connectivity index (χ4v) is 2.71. The molecule has 1 atom stereocenters. The molecule has 1 aliphatic heterocycles. The van der Waals surface area contributed by atoms with E-state index >= 15 is 0 Å². The Hall–Kier alpha value is -2.77. The number of nitrogens with zero attached hydrogens (tertiary/aromatic N) is 3. The van der Waals surface area contributed by atoms with Crippen molar-refractivity contribution in [2.24, 2.45) is 0 Å². The van der Waals surface area contributed by atoms with Gasteiger partial charge >= 0.3 is 12.0 Å². The number of anilines is 1. The van der Waals surface area contributed by atoms with Crippen LogP contribution in [0.4, 0.5) is 19.3 Å². The smallest absolute Gasteiger partial charge is 0.322 e. The number of aryl methyl sites for hydroxylation is 2. The van der Waals surface area contributed by atoms with Gasteiger partial charge in [0.25, 0.3) is 0 Å². The number of carbonyl (C=O) groups excluding carboxylic acids is 1. The lowest BCUT2D eigenvalue weighted by atomic mass is 10.3. The molecular weight excluding hydrogens is 330 g/mol. The Balaban J connectivity index is 1.61. The number of ether oxygens (including phenoxy) is 1. The van der Waals surface area contributed by atoms with Crippen LogP contribution in [0.15, 0.2) is 24.3 Å². The molecule has 1 aromatic carbocycles. The number of likely N-dealkylation sites (tertiary alicyclic amines) is 1. The summed E-state index contributed by atoms with van der Waals surface area (Å²) in [5, 5.41) is 2.27. The van der Waals surface area contributed by atoms with Crippen molar-refractivity contribution in [2.75, 3.05) is 18.4 Å². The number of amides is 2. The molecular formula is C17H18F2N4O2. The van der Waals surface area contributed by atoms with Crippen molar-refractivity contribution in [3.63, 3.8) is 0 Å². The van der Waals surface area contributed by atoms with Crippen LogP contribution >= 0.6 is 0 Å². The second-order valence-corrected chi connectivity index (χ2v) is 5.93. The molecule has 0 spiro atoms. The van der Waals surface area contributed by atoms with E-state index in [0.29, 0.717) is 13.0 Å². The molecule has 1 saturated heterocycles. The lowest BCUT2D eigenvalue weighted by molar-refractivity contribution is 0.183. The number of rotatable bonds is 3. The van der Waals surface area contributed by atoms with E-state index < -0.39 is 23.4 Å². The van der Waals surface area contributed by atoms with E-state index in [9.17, 15) is 13.6 Å². The molecule has 1 aliphatic rings. The average molecular weight is 348 g/mol. The number of para-hydroxylation sites is 1. The van der Waals surface area contributed by atoms with Gasteiger partial charge in [-0.2, -0.15) is 0 Å². The van der Waals surface area contributed by atoms with Gasteiger partial charge in [0.1, 0.15) is 23.4 Å². The molecule has 0 aliphatic carbocycles. The Bertz CT molecular complexity index is 760. The minimum absolute atomic E-state index is 0.266. The largest absolute Gasteiger partial charge is 0.458 e. The van der Waals surface area contributed by atoms with Crippen LogP contribution in [0, 0.1) is 25.5 Å². The van der Waals surface area contributed by atoms with Gasteiger partial charge in [-0.05, 0) is 32.0 Å². The molecule has 2 aromatic rings. The minimum Gasteiger partial charge on any atom is -0.458 e. The van der Waals surface area contributed by atoms with Crippen LogP contribution in [0.2, 0.25) is 0 Å². The zero-order chi connectivity index (χ0) is 18.0. The van der Waals surface area contributed by atoms with E-state index in [0.717, 1.165) is 23.5 Å². The van der Waals surface area contributed by atoms with Crippen molar-refractivity contribution >= 4 is 11.7 Å². The SMILES string of the molecule is Cc1cc(C)nc(OC2CCN(C(=O)Nc3c(F)cccc3F)C2)n1. The molecule has 1 aromatic heterocycles. The van der Waals surface area contributed by atoms with Crippen molar-refractivity contribution in [3.8, 4) is 6.01 Å². The standard InChI is InChI=1S/C17H18F2N4O2/c1-10-8-11(2)21-16(20-10)25-12-6-7-23(9-12)17(24)22-15-13(18)4-3-5-14(15)19/h3-5,8,12H,6-7,9H2,1-2H3,(H,22,24). The number of hydrogen-bond donors (Lipinski definition) is 1. The van der Waals surface area contributed by atoms with Crippen LogP contribution in [-0.2, 0) is 0 Å². The van der Waals surface area contributed by atoms with E-state index in [1.807, 2.05) is 19.9 Å². The maximum Gasteiger partial charge on any atom is 0.322 e. The summed E-state index contributed by atoms with van der Waals surface area (Å²) in [7, 11) is 0. The summed E-state index contributed by atoms with van der Waals surface area (Å²) in [6, 6.07) is 4.95. The van der Waals surface area contributed by atoms with Gasteiger partial charge in [0, 0.05) is 24.4 Å². The van der Waals surface area contributed by atoms with Crippen LogP contribution < -0.4 is 10.1 Å². The third-order valence-electron chi connectivity index (χ3n) is 3.86. The van der Waals surface area contributed by atoms with E-state index in [1.54, 1.807) is 0 Å². The van der Waals surface area contributed by atoms with Crippen LogP contribution in [0.3, 0.4) is 0 Å². The predicted octanol–water partition coefficient (Wildman–Crippen LogP) is 3.06. The van der Waals surface area contributed by atoms with Gasteiger partial charge in [-0.3, -0.25) is 0 Å². The zero-order valence-corrected chi connectivity index (χ0v) is 13.9. The third-order valence-corrected chi connectivity index (χ3v) is 3.86. The fourth-order valence-electron chi connectivity index (χ4n) is 2.71. The maximum absolute atomic E-state index is 13.6. The van der Waals surface area contributed by atoms with Crippen molar-refractivity contribution in [3.05, 3.63) is 47.3 Å². The summed E-state index contributed by atoms with van der Waals surface area (Å²) in [6.07, 6.45) is 0.321. The monoisotopic (exact) mass is 348 g/mol. The Labute approximate surface area is 143 Å². The number of aromatic nitrogens is 2. The molecule has 0 radical (unpaired) electrons. The first-order valence-corrected chi connectivity index (χ1v) is 7.91. The highest BCUT2D eigenvalue weighted by molar-refractivity contribution is 5.89.